The number of carbonyl (C=O) groups is 1. The fourth-order valence-corrected chi connectivity index (χ4v) is 4.71. The number of allylic oxidation sites excluding steroid dienone is 1. The molecule has 1 amide bonds. The number of likely N-dealkylation sites (tertiary alicyclic amines) is 2. The van der Waals surface area contributed by atoms with Gasteiger partial charge in [0.15, 0.2) is 5.82 Å². The van der Waals surface area contributed by atoms with E-state index >= 15 is 0 Å². The second kappa shape index (κ2) is 7.60. The highest BCUT2D eigenvalue weighted by Gasteiger charge is 2.41. The molecule has 1 aromatic carbocycles. The number of benzene rings is 1. The molecule has 2 atom stereocenters. The Bertz CT molecular complexity index is 874. The average molecular weight is 400 g/mol. The first kappa shape index (κ1) is 19.0. The van der Waals surface area contributed by atoms with Crippen LogP contribution in [0.4, 0.5) is 10.6 Å². The Hall–Kier alpha value is -2.31. The minimum absolute atomic E-state index is 0.0545. The van der Waals surface area contributed by atoms with E-state index in [1.807, 2.05) is 24.0 Å². The second-order valence-corrected chi connectivity index (χ2v) is 8.53. The third kappa shape index (κ3) is 4.08. The molecule has 0 bridgehead atoms. The summed E-state index contributed by atoms with van der Waals surface area (Å²) in [6.07, 6.45) is 1.70. The van der Waals surface area contributed by atoms with Gasteiger partial charge in [0.1, 0.15) is 0 Å². The standard InChI is InChI=1S/C21H26ClN5O/c1-14(2)23-20-4-5-27(24-20)21(28)26-12-17-10-25(11-18(17)13-26)9-16-6-15(3)7-19(22)8-16/h4-8,17-18H,1,9-13H2,2-3H3,(H,23,24). The number of halogens is 1. The van der Waals surface area contributed by atoms with E-state index in [1.165, 1.54) is 15.8 Å². The molecule has 148 valence electrons. The summed E-state index contributed by atoms with van der Waals surface area (Å²) in [6.45, 7) is 12.3. The number of rotatable bonds is 4. The zero-order chi connectivity index (χ0) is 19.8. The normalized spacial score (nSPS) is 21.8. The van der Waals surface area contributed by atoms with E-state index in [4.69, 9.17) is 11.6 Å². The highest BCUT2D eigenvalue weighted by molar-refractivity contribution is 6.30. The first-order valence-electron chi connectivity index (χ1n) is 9.63. The maximum absolute atomic E-state index is 12.8. The van der Waals surface area contributed by atoms with Crippen LogP contribution in [-0.4, -0.2) is 51.8 Å². The Kier molecular flexibility index (Phi) is 5.17. The van der Waals surface area contributed by atoms with Crippen LogP contribution in [0.25, 0.3) is 0 Å². The number of hydrogen-bond acceptors (Lipinski definition) is 4. The quantitative estimate of drug-likeness (QED) is 0.849. The molecule has 2 saturated heterocycles. The van der Waals surface area contributed by atoms with Crippen molar-refractivity contribution < 1.29 is 4.79 Å². The Labute approximate surface area is 170 Å². The fourth-order valence-electron chi connectivity index (χ4n) is 4.40. The molecule has 2 unspecified atom stereocenters. The molecule has 4 rings (SSSR count). The van der Waals surface area contributed by atoms with Crippen LogP contribution in [-0.2, 0) is 6.54 Å². The molecule has 0 radical (unpaired) electrons. The molecule has 6 nitrogen and oxygen atoms in total. The number of anilines is 1. The summed E-state index contributed by atoms with van der Waals surface area (Å²) in [6, 6.07) is 7.97. The van der Waals surface area contributed by atoms with Crippen molar-refractivity contribution in [2.45, 2.75) is 20.4 Å². The summed E-state index contributed by atoms with van der Waals surface area (Å²) in [7, 11) is 0. The van der Waals surface area contributed by atoms with E-state index in [2.05, 4.69) is 34.9 Å². The van der Waals surface area contributed by atoms with Crippen molar-refractivity contribution in [1.29, 1.82) is 0 Å². The van der Waals surface area contributed by atoms with Crippen LogP contribution >= 0.6 is 11.6 Å². The van der Waals surface area contributed by atoms with Crippen molar-refractivity contribution in [3.05, 3.63) is 58.9 Å². The highest BCUT2D eigenvalue weighted by atomic mass is 35.5. The van der Waals surface area contributed by atoms with Gasteiger partial charge in [-0.25, -0.2) is 4.79 Å². The van der Waals surface area contributed by atoms with E-state index < -0.39 is 0 Å². The van der Waals surface area contributed by atoms with Crippen LogP contribution in [0.2, 0.25) is 5.02 Å². The minimum Gasteiger partial charge on any atom is -0.343 e. The average Bonchev–Trinajstić information content (AvgIpc) is 3.27. The van der Waals surface area contributed by atoms with Crippen molar-refractivity contribution in [3.8, 4) is 0 Å². The molecule has 2 aliphatic heterocycles. The number of nitrogens with one attached hydrogen (secondary N) is 1. The Balaban J connectivity index is 1.34. The highest BCUT2D eigenvalue weighted by Crippen LogP contribution is 2.32. The molecule has 1 N–H and O–H groups in total. The predicted molar refractivity (Wildman–Crippen MR) is 111 cm³/mol. The van der Waals surface area contributed by atoms with Crippen LogP contribution in [0, 0.1) is 18.8 Å². The molecule has 0 saturated carbocycles. The SMILES string of the molecule is C=C(C)Nc1ccn(C(=O)N2CC3CN(Cc4cc(C)cc(Cl)c4)CC3C2)n1. The van der Waals surface area contributed by atoms with Gasteiger partial charge in [0.05, 0.1) is 0 Å². The number of hydrogen-bond donors (Lipinski definition) is 1. The second-order valence-electron chi connectivity index (χ2n) is 8.09. The van der Waals surface area contributed by atoms with Gasteiger partial charge in [-0.2, -0.15) is 4.68 Å². The number of carbonyl (C=O) groups excluding carboxylic acids is 1. The number of fused-ring (bicyclic) bond motifs is 1. The lowest BCUT2D eigenvalue weighted by Gasteiger charge is -2.21. The van der Waals surface area contributed by atoms with Gasteiger partial charge in [0, 0.05) is 55.7 Å². The fraction of sp³-hybridized carbons (Fsp3) is 0.429. The zero-order valence-corrected chi connectivity index (χ0v) is 17.1. The van der Waals surface area contributed by atoms with Crippen LogP contribution in [0.5, 0.6) is 0 Å². The van der Waals surface area contributed by atoms with Crippen LogP contribution in [0.3, 0.4) is 0 Å². The molecule has 0 aliphatic carbocycles. The van der Waals surface area contributed by atoms with Gasteiger partial charge in [-0.15, -0.1) is 5.10 Å². The topological polar surface area (TPSA) is 53.4 Å². The lowest BCUT2D eigenvalue weighted by atomic mass is 10.0. The molecular weight excluding hydrogens is 374 g/mol. The van der Waals surface area contributed by atoms with Crippen molar-refractivity contribution in [1.82, 2.24) is 19.6 Å². The molecule has 7 heteroatoms. The predicted octanol–water partition coefficient (Wildman–Crippen LogP) is 3.82. The summed E-state index contributed by atoms with van der Waals surface area (Å²) in [5.74, 6) is 1.68. The van der Waals surface area contributed by atoms with Crippen molar-refractivity contribution >= 4 is 23.4 Å². The Morgan fingerprint density at radius 3 is 2.61 bits per heavy atom. The molecular formula is C21H26ClN5O. The summed E-state index contributed by atoms with van der Waals surface area (Å²) < 4.78 is 1.42. The van der Waals surface area contributed by atoms with Gasteiger partial charge in [0.25, 0.3) is 0 Å². The van der Waals surface area contributed by atoms with Crippen LogP contribution < -0.4 is 5.32 Å². The molecule has 1 aromatic heterocycles. The first-order chi connectivity index (χ1) is 13.4. The molecule has 2 fully saturated rings. The van der Waals surface area contributed by atoms with E-state index in [1.54, 1.807) is 12.3 Å². The van der Waals surface area contributed by atoms with E-state index in [0.717, 1.165) is 43.4 Å². The van der Waals surface area contributed by atoms with Gasteiger partial charge in [-0.3, -0.25) is 4.90 Å². The maximum atomic E-state index is 12.8. The summed E-state index contributed by atoms with van der Waals surface area (Å²) in [5.41, 5.74) is 3.24. The largest absolute Gasteiger partial charge is 0.344 e. The van der Waals surface area contributed by atoms with Crippen molar-refractivity contribution in [3.63, 3.8) is 0 Å². The number of nitrogens with zero attached hydrogens (tertiary/aromatic N) is 4. The van der Waals surface area contributed by atoms with Gasteiger partial charge in [0.2, 0.25) is 0 Å². The smallest absolute Gasteiger partial charge is 0.343 e. The third-order valence-corrected chi connectivity index (χ3v) is 5.69. The molecule has 2 aliphatic rings. The Morgan fingerprint density at radius 2 is 1.96 bits per heavy atom. The summed E-state index contributed by atoms with van der Waals surface area (Å²) in [5, 5.41) is 8.14. The van der Waals surface area contributed by atoms with Gasteiger partial charge < -0.3 is 10.2 Å². The summed E-state index contributed by atoms with van der Waals surface area (Å²) in [4.78, 5) is 17.2. The van der Waals surface area contributed by atoms with Crippen LogP contribution in [0.1, 0.15) is 18.1 Å². The van der Waals surface area contributed by atoms with E-state index in [9.17, 15) is 4.79 Å². The first-order valence-corrected chi connectivity index (χ1v) is 10.0. The van der Waals surface area contributed by atoms with Gasteiger partial charge in [-0.1, -0.05) is 24.2 Å². The zero-order valence-electron chi connectivity index (χ0n) is 16.4. The Morgan fingerprint density at radius 1 is 1.25 bits per heavy atom. The lowest BCUT2D eigenvalue weighted by Crippen LogP contribution is -2.36. The van der Waals surface area contributed by atoms with Gasteiger partial charge >= 0.3 is 6.03 Å². The molecule has 28 heavy (non-hydrogen) atoms. The lowest BCUT2D eigenvalue weighted by molar-refractivity contribution is 0.197. The molecule has 3 heterocycles. The number of amides is 1. The third-order valence-electron chi connectivity index (χ3n) is 5.47. The van der Waals surface area contributed by atoms with Gasteiger partial charge in [-0.05, 0) is 48.9 Å². The monoisotopic (exact) mass is 399 g/mol. The summed E-state index contributed by atoms with van der Waals surface area (Å²) >= 11 is 6.19. The van der Waals surface area contributed by atoms with Crippen molar-refractivity contribution in [2.24, 2.45) is 11.8 Å². The molecule has 2 aromatic rings. The van der Waals surface area contributed by atoms with E-state index in [0.29, 0.717) is 17.7 Å². The minimum atomic E-state index is -0.0545. The molecule has 0 spiro atoms. The van der Waals surface area contributed by atoms with Crippen LogP contribution in [0.15, 0.2) is 42.7 Å². The van der Waals surface area contributed by atoms with E-state index in [-0.39, 0.29) is 6.03 Å². The number of aromatic nitrogens is 2. The number of aryl methyl sites for hydroxylation is 1. The van der Waals surface area contributed by atoms with Crippen molar-refractivity contribution in [2.75, 3.05) is 31.5 Å². The maximum Gasteiger partial charge on any atom is 0.344 e.